The van der Waals surface area contributed by atoms with Crippen molar-refractivity contribution in [3.05, 3.63) is 62.9 Å². The number of halogens is 2. The Hall–Kier alpha value is -2.31. The van der Waals surface area contributed by atoms with Crippen molar-refractivity contribution < 1.29 is 14.7 Å². The molecule has 6 nitrogen and oxygen atoms in total. The lowest BCUT2D eigenvalue weighted by atomic mass is 10.1. The molecule has 0 spiro atoms. The van der Waals surface area contributed by atoms with Gasteiger partial charge in [0.15, 0.2) is 0 Å². The van der Waals surface area contributed by atoms with E-state index in [1.807, 2.05) is 26.0 Å². The number of nitrogens with one attached hydrogen (secondary N) is 2. The summed E-state index contributed by atoms with van der Waals surface area (Å²) in [6, 6.07) is 8.26. The molecular formula is C17H17Cl2N3O3. The highest BCUT2D eigenvalue weighted by Crippen LogP contribution is 2.21. The summed E-state index contributed by atoms with van der Waals surface area (Å²) in [6.45, 7) is 3.77. The zero-order chi connectivity index (χ0) is 18.6. The second-order valence-electron chi connectivity index (χ2n) is 5.55. The fraction of sp³-hybridized carbons (Fsp3) is 0.235. The Labute approximate surface area is 155 Å². The summed E-state index contributed by atoms with van der Waals surface area (Å²) < 4.78 is 0. The van der Waals surface area contributed by atoms with Crippen LogP contribution in [0.3, 0.4) is 0 Å². The number of hydrogen-bond donors (Lipinski definition) is 3. The Morgan fingerprint density at radius 2 is 1.96 bits per heavy atom. The molecule has 132 valence electrons. The van der Waals surface area contributed by atoms with Gasteiger partial charge in [0, 0.05) is 11.6 Å². The second kappa shape index (κ2) is 8.18. The Morgan fingerprint density at radius 3 is 2.60 bits per heavy atom. The van der Waals surface area contributed by atoms with Crippen molar-refractivity contribution in [3.63, 3.8) is 0 Å². The van der Waals surface area contributed by atoms with E-state index in [-0.39, 0.29) is 23.4 Å². The van der Waals surface area contributed by atoms with Crippen molar-refractivity contribution in [3.8, 4) is 0 Å². The average Bonchev–Trinajstić information content (AvgIpc) is 2.54. The fourth-order valence-corrected chi connectivity index (χ4v) is 2.59. The average molecular weight is 382 g/mol. The minimum atomic E-state index is -1.16. The summed E-state index contributed by atoms with van der Waals surface area (Å²) in [4.78, 5) is 27.0. The number of rotatable bonds is 5. The fourth-order valence-electron chi connectivity index (χ4n) is 2.24. The van der Waals surface area contributed by atoms with Gasteiger partial charge in [-0.05, 0) is 48.7 Å². The lowest BCUT2D eigenvalue weighted by Crippen LogP contribution is -2.28. The van der Waals surface area contributed by atoms with Crippen LogP contribution in [-0.2, 0) is 6.54 Å². The predicted molar refractivity (Wildman–Crippen MR) is 96.2 cm³/mol. The summed E-state index contributed by atoms with van der Waals surface area (Å²) in [5, 5.41) is 14.5. The van der Waals surface area contributed by atoms with Crippen LogP contribution in [0.2, 0.25) is 10.2 Å². The molecule has 0 fully saturated rings. The van der Waals surface area contributed by atoms with Gasteiger partial charge in [-0.1, -0.05) is 35.3 Å². The summed E-state index contributed by atoms with van der Waals surface area (Å²) >= 11 is 11.9. The van der Waals surface area contributed by atoms with Crippen LogP contribution >= 0.6 is 23.2 Å². The van der Waals surface area contributed by atoms with Crippen LogP contribution < -0.4 is 10.6 Å². The number of aromatic nitrogens is 1. The number of amides is 2. The SMILES string of the molecule is Cc1cc([C@H](C)NC(=O)c2cc(CNC(=O)O)cc(Cl)n2)ccc1Cl. The highest BCUT2D eigenvalue weighted by Gasteiger charge is 2.15. The lowest BCUT2D eigenvalue weighted by Gasteiger charge is -2.15. The summed E-state index contributed by atoms with van der Waals surface area (Å²) in [5.41, 5.74) is 2.49. The topological polar surface area (TPSA) is 91.3 Å². The molecule has 0 saturated heterocycles. The quantitative estimate of drug-likeness (QED) is 0.683. The maximum absolute atomic E-state index is 12.4. The number of benzene rings is 1. The highest BCUT2D eigenvalue weighted by molar-refractivity contribution is 6.31. The summed E-state index contributed by atoms with van der Waals surface area (Å²) in [7, 11) is 0. The van der Waals surface area contributed by atoms with E-state index < -0.39 is 12.0 Å². The molecule has 1 atom stereocenters. The number of pyridine rings is 1. The van der Waals surface area contributed by atoms with E-state index in [2.05, 4.69) is 15.6 Å². The van der Waals surface area contributed by atoms with E-state index in [0.29, 0.717) is 10.6 Å². The first-order valence-electron chi connectivity index (χ1n) is 7.46. The summed E-state index contributed by atoms with van der Waals surface area (Å²) in [6.07, 6.45) is -1.16. The normalized spacial score (nSPS) is 11.7. The number of aryl methyl sites for hydroxylation is 1. The third-order valence-corrected chi connectivity index (χ3v) is 4.18. The van der Waals surface area contributed by atoms with E-state index in [1.165, 1.54) is 12.1 Å². The van der Waals surface area contributed by atoms with Gasteiger partial charge in [0.2, 0.25) is 0 Å². The molecule has 0 aliphatic heterocycles. The molecule has 25 heavy (non-hydrogen) atoms. The number of hydrogen-bond acceptors (Lipinski definition) is 3. The number of carbonyl (C=O) groups excluding carboxylic acids is 1. The maximum atomic E-state index is 12.4. The maximum Gasteiger partial charge on any atom is 0.404 e. The molecule has 2 amide bonds. The molecule has 0 radical (unpaired) electrons. The van der Waals surface area contributed by atoms with Gasteiger partial charge >= 0.3 is 6.09 Å². The van der Waals surface area contributed by atoms with Crippen LogP contribution in [0.15, 0.2) is 30.3 Å². The van der Waals surface area contributed by atoms with E-state index >= 15 is 0 Å². The molecule has 1 aromatic carbocycles. The van der Waals surface area contributed by atoms with Crippen LogP contribution in [0.4, 0.5) is 4.79 Å². The van der Waals surface area contributed by atoms with Gasteiger partial charge in [-0.15, -0.1) is 0 Å². The van der Waals surface area contributed by atoms with Gasteiger partial charge in [0.1, 0.15) is 10.8 Å². The van der Waals surface area contributed by atoms with E-state index in [1.54, 1.807) is 6.07 Å². The monoisotopic (exact) mass is 381 g/mol. The molecule has 0 bridgehead atoms. The smallest absolute Gasteiger partial charge is 0.404 e. The zero-order valence-electron chi connectivity index (χ0n) is 13.6. The first-order chi connectivity index (χ1) is 11.8. The Bertz CT molecular complexity index is 812. The van der Waals surface area contributed by atoms with Crippen LogP contribution in [0.5, 0.6) is 0 Å². The van der Waals surface area contributed by atoms with Crippen molar-refractivity contribution in [2.75, 3.05) is 0 Å². The lowest BCUT2D eigenvalue weighted by molar-refractivity contribution is 0.0934. The standard InChI is InChI=1S/C17H17Cl2N3O3/c1-9-5-12(3-4-13(9)18)10(2)21-16(23)14-6-11(7-15(19)22-14)8-20-17(24)25/h3-7,10,20H,8H2,1-2H3,(H,21,23)(H,24,25)/t10-/m0/s1. The van der Waals surface area contributed by atoms with Crippen molar-refractivity contribution in [1.82, 2.24) is 15.6 Å². The molecule has 0 saturated carbocycles. The Balaban J connectivity index is 2.13. The minimum absolute atomic E-state index is 0.0315. The van der Waals surface area contributed by atoms with Crippen LogP contribution in [0.1, 0.15) is 40.1 Å². The third kappa shape index (κ3) is 5.34. The predicted octanol–water partition coefficient (Wildman–Crippen LogP) is 3.96. The largest absolute Gasteiger partial charge is 0.465 e. The third-order valence-electron chi connectivity index (χ3n) is 3.56. The van der Waals surface area contributed by atoms with E-state index in [0.717, 1.165) is 11.1 Å². The summed E-state index contributed by atoms with van der Waals surface area (Å²) in [5.74, 6) is -0.404. The number of nitrogens with zero attached hydrogens (tertiary/aromatic N) is 1. The molecule has 2 aromatic rings. The van der Waals surface area contributed by atoms with Gasteiger partial charge in [-0.3, -0.25) is 4.79 Å². The first-order valence-corrected chi connectivity index (χ1v) is 8.22. The van der Waals surface area contributed by atoms with Gasteiger partial charge in [0.25, 0.3) is 5.91 Å². The van der Waals surface area contributed by atoms with Gasteiger partial charge in [0.05, 0.1) is 6.04 Å². The van der Waals surface area contributed by atoms with Gasteiger partial charge in [-0.2, -0.15) is 0 Å². The molecule has 2 rings (SSSR count). The molecular weight excluding hydrogens is 365 g/mol. The van der Waals surface area contributed by atoms with Crippen LogP contribution in [0, 0.1) is 6.92 Å². The highest BCUT2D eigenvalue weighted by atomic mass is 35.5. The minimum Gasteiger partial charge on any atom is -0.465 e. The molecule has 0 unspecified atom stereocenters. The first kappa shape index (κ1) is 19.0. The number of carboxylic acid groups (broad SMARTS) is 1. The molecule has 3 N–H and O–H groups in total. The molecule has 1 aromatic heterocycles. The zero-order valence-corrected chi connectivity index (χ0v) is 15.1. The molecule has 8 heteroatoms. The van der Waals surface area contributed by atoms with Gasteiger partial charge < -0.3 is 15.7 Å². The van der Waals surface area contributed by atoms with Crippen LogP contribution in [0.25, 0.3) is 0 Å². The molecule has 1 heterocycles. The molecule has 0 aliphatic carbocycles. The van der Waals surface area contributed by atoms with Crippen molar-refractivity contribution >= 4 is 35.2 Å². The van der Waals surface area contributed by atoms with Crippen LogP contribution in [-0.4, -0.2) is 22.1 Å². The van der Waals surface area contributed by atoms with E-state index in [4.69, 9.17) is 28.3 Å². The second-order valence-corrected chi connectivity index (χ2v) is 6.34. The van der Waals surface area contributed by atoms with Crippen molar-refractivity contribution in [1.29, 1.82) is 0 Å². The molecule has 0 aliphatic rings. The number of carbonyl (C=O) groups is 2. The van der Waals surface area contributed by atoms with E-state index in [9.17, 15) is 9.59 Å². The Kier molecular flexibility index (Phi) is 6.22. The van der Waals surface area contributed by atoms with Crippen molar-refractivity contribution in [2.24, 2.45) is 0 Å². The van der Waals surface area contributed by atoms with Crippen molar-refractivity contribution in [2.45, 2.75) is 26.4 Å². The van der Waals surface area contributed by atoms with Gasteiger partial charge in [-0.25, -0.2) is 9.78 Å². The Morgan fingerprint density at radius 1 is 1.24 bits per heavy atom.